The lowest BCUT2D eigenvalue weighted by Crippen LogP contribution is -2.34. The second-order valence-corrected chi connectivity index (χ2v) is 6.25. The lowest BCUT2D eigenvalue weighted by atomic mass is 10.1. The average Bonchev–Trinajstić information content (AvgIpc) is 3.27. The van der Waals surface area contributed by atoms with Crippen molar-refractivity contribution in [3.05, 3.63) is 36.4 Å². The Bertz CT molecular complexity index is 864. The molecule has 1 aromatic carbocycles. The molecule has 4 rings (SSSR count). The summed E-state index contributed by atoms with van der Waals surface area (Å²) in [4.78, 5) is 11.0. The van der Waals surface area contributed by atoms with Crippen LogP contribution >= 0.6 is 0 Å². The number of hydrogen-bond donors (Lipinski definition) is 1. The Balaban J connectivity index is 1.65. The van der Waals surface area contributed by atoms with Gasteiger partial charge in [0.15, 0.2) is 0 Å². The zero-order valence-electron chi connectivity index (χ0n) is 14.1. The number of likely N-dealkylation sites (tertiary alicyclic amines) is 1. The minimum absolute atomic E-state index is 0.285. The molecule has 3 aromatic rings. The zero-order chi connectivity index (χ0) is 17.2. The first-order valence-electron chi connectivity index (χ1n) is 8.60. The maximum atomic E-state index is 13.2. The minimum Gasteiger partial charge on any atom is -0.368 e. The Morgan fingerprint density at radius 2 is 2.12 bits per heavy atom. The van der Waals surface area contributed by atoms with Crippen LogP contribution in [0.4, 0.5) is 10.2 Å². The maximum absolute atomic E-state index is 13.2. The molecule has 130 valence electrons. The standard InChI is InChI=1S/C18H20FN5O/c1-2-24-9-3-4-14(24)10-20-17-15-16(12-5-7-13(19)8-6-12)23-25-18(15)22-11-21-17/h5-8,11,14H,2-4,9-10H2,1H3,(H,20,21,22)/t14-/m1/s1. The van der Waals surface area contributed by atoms with Crippen LogP contribution in [0.3, 0.4) is 0 Å². The van der Waals surface area contributed by atoms with Crippen molar-refractivity contribution in [1.82, 2.24) is 20.0 Å². The highest BCUT2D eigenvalue weighted by molar-refractivity contribution is 5.97. The molecule has 0 unspecified atom stereocenters. The van der Waals surface area contributed by atoms with E-state index in [1.165, 1.54) is 31.3 Å². The number of aromatic nitrogens is 3. The molecule has 3 heterocycles. The minimum atomic E-state index is -0.285. The topological polar surface area (TPSA) is 67.1 Å². The number of fused-ring (bicyclic) bond motifs is 1. The Kier molecular flexibility index (Phi) is 4.31. The third kappa shape index (κ3) is 3.07. The number of hydrogen-bond acceptors (Lipinski definition) is 6. The van der Waals surface area contributed by atoms with E-state index in [1.807, 2.05) is 0 Å². The lowest BCUT2D eigenvalue weighted by molar-refractivity contribution is 0.277. The zero-order valence-corrected chi connectivity index (χ0v) is 14.1. The highest BCUT2D eigenvalue weighted by Gasteiger charge is 2.24. The van der Waals surface area contributed by atoms with Crippen LogP contribution in [0, 0.1) is 5.82 Å². The molecular weight excluding hydrogens is 321 g/mol. The Morgan fingerprint density at radius 3 is 2.92 bits per heavy atom. The Morgan fingerprint density at radius 1 is 1.28 bits per heavy atom. The van der Waals surface area contributed by atoms with Gasteiger partial charge in [0.05, 0.1) is 0 Å². The average molecular weight is 341 g/mol. The van der Waals surface area contributed by atoms with E-state index >= 15 is 0 Å². The molecular formula is C18H20FN5O. The van der Waals surface area contributed by atoms with Crippen LogP contribution in [-0.4, -0.2) is 45.7 Å². The first-order chi connectivity index (χ1) is 12.3. The van der Waals surface area contributed by atoms with E-state index in [0.29, 0.717) is 23.3 Å². The fourth-order valence-electron chi connectivity index (χ4n) is 3.48. The molecule has 0 aliphatic carbocycles. The number of anilines is 1. The number of likely N-dealkylation sites (N-methyl/N-ethyl adjacent to an activating group) is 1. The number of nitrogens with one attached hydrogen (secondary N) is 1. The smallest absolute Gasteiger partial charge is 0.263 e. The van der Waals surface area contributed by atoms with E-state index in [2.05, 4.69) is 32.3 Å². The molecule has 0 saturated carbocycles. The molecule has 1 aliphatic heterocycles. The van der Waals surface area contributed by atoms with Crippen molar-refractivity contribution in [3.63, 3.8) is 0 Å². The monoisotopic (exact) mass is 341 g/mol. The summed E-state index contributed by atoms with van der Waals surface area (Å²) in [5.74, 6) is 0.417. The molecule has 1 saturated heterocycles. The van der Waals surface area contributed by atoms with E-state index in [9.17, 15) is 4.39 Å². The van der Waals surface area contributed by atoms with Crippen LogP contribution < -0.4 is 5.32 Å². The predicted molar refractivity (Wildman–Crippen MR) is 93.8 cm³/mol. The van der Waals surface area contributed by atoms with E-state index in [-0.39, 0.29) is 5.82 Å². The molecule has 1 aliphatic rings. The second-order valence-electron chi connectivity index (χ2n) is 6.25. The lowest BCUT2D eigenvalue weighted by Gasteiger charge is -2.23. The molecule has 0 amide bonds. The van der Waals surface area contributed by atoms with Gasteiger partial charge in [0.2, 0.25) is 0 Å². The van der Waals surface area contributed by atoms with Crippen molar-refractivity contribution >= 4 is 16.9 Å². The van der Waals surface area contributed by atoms with Crippen LogP contribution in [-0.2, 0) is 0 Å². The largest absolute Gasteiger partial charge is 0.368 e. The van der Waals surface area contributed by atoms with Gasteiger partial charge in [-0.25, -0.2) is 9.37 Å². The van der Waals surface area contributed by atoms with Gasteiger partial charge in [-0.15, -0.1) is 0 Å². The molecule has 2 aromatic heterocycles. The van der Waals surface area contributed by atoms with Gasteiger partial charge >= 0.3 is 0 Å². The predicted octanol–water partition coefficient (Wildman–Crippen LogP) is 3.32. The fraction of sp³-hybridized carbons (Fsp3) is 0.389. The molecule has 1 N–H and O–H groups in total. The highest BCUT2D eigenvalue weighted by Crippen LogP contribution is 2.31. The van der Waals surface area contributed by atoms with Crippen molar-refractivity contribution in [3.8, 4) is 11.3 Å². The van der Waals surface area contributed by atoms with Gasteiger partial charge in [0.25, 0.3) is 5.71 Å². The van der Waals surface area contributed by atoms with Crippen molar-refractivity contribution < 1.29 is 8.91 Å². The SMILES string of the molecule is CCN1CCC[C@@H]1CNc1ncnc2onc(-c3ccc(F)cc3)c12. The summed E-state index contributed by atoms with van der Waals surface area (Å²) in [6.07, 6.45) is 3.88. The van der Waals surface area contributed by atoms with Gasteiger partial charge in [-0.3, -0.25) is 4.90 Å². The van der Waals surface area contributed by atoms with Crippen LogP contribution in [0.15, 0.2) is 35.1 Å². The van der Waals surface area contributed by atoms with Crippen LogP contribution in [0.25, 0.3) is 22.4 Å². The summed E-state index contributed by atoms with van der Waals surface area (Å²) >= 11 is 0. The molecule has 0 bridgehead atoms. The molecule has 7 heteroatoms. The molecule has 0 spiro atoms. The van der Waals surface area contributed by atoms with Crippen LogP contribution in [0.5, 0.6) is 0 Å². The summed E-state index contributed by atoms with van der Waals surface area (Å²) in [7, 11) is 0. The summed E-state index contributed by atoms with van der Waals surface area (Å²) < 4.78 is 18.5. The number of rotatable bonds is 5. The summed E-state index contributed by atoms with van der Waals surface area (Å²) in [5.41, 5.74) is 1.82. The normalized spacial score (nSPS) is 18.1. The van der Waals surface area contributed by atoms with Crippen molar-refractivity contribution in [2.75, 3.05) is 25.0 Å². The molecule has 6 nitrogen and oxygen atoms in total. The highest BCUT2D eigenvalue weighted by atomic mass is 19.1. The first-order valence-corrected chi connectivity index (χ1v) is 8.60. The molecule has 1 atom stereocenters. The number of halogens is 1. The third-order valence-corrected chi connectivity index (χ3v) is 4.80. The van der Waals surface area contributed by atoms with Gasteiger partial charge in [-0.05, 0) is 50.2 Å². The summed E-state index contributed by atoms with van der Waals surface area (Å²) in [6, 6.07) is 6.68. The summed E-state index contributed by atoms with van der Waals surface area (Å²) in [5, 5.41) is 8.28. The third-order valence-electron chi connectivity index (χ3n) is 4.80. The van der Waals surface area contributed by atoms with E-state index < -0.39 is 0 Å². The Hall–Kier alpha value is -2.54. The number of benzene rings is 1. The molecule has 25 heavy (non-hydrogen) atoms. The van der Waals surface area contributed by atoms with Gasteiger partial charge in [0.1, 0.15) is 29.0 Å². The maximum Gasteiger partial charge on any atom is 0.263 e. The van der Waals surface area contributed by atoms with Gasteiger partial charge < -0.3 is 9.84 Å². The van der Waals surface area contributed by atoms with Crippen molar-refractivity contribution in [2.24, 2.45) is 0 Å². The van der Waals surface area contributed by atoms with Crippen LogP contribution in [0.2, 0.25) is 0 Å². The number of nitrogens with zero attached hydrogens (tertiary/aromatic N) is 4. The Labute approximate surface area is 145 Å². The molecule has 1 fully saturated rings. The first kappa shape index (κ1) is 16.0. The fourth-order valence-corrected chi connectivity index (χ4v) is 3.48. The summed E-state index contributed by atoms with van der Waals surface area (Å²) in [6.45, 7) is 5.21. The van der Waals surface area contributed by atoms with E-state index in [0.717, 1.165) is 30.6 Å². The van der Waals surface area contributed by atoms with Crippen molar-refractivity contribution in [1.29, 1.82) is 0 Å². The van der Waals surface area contributed by atoms with Crippen molar-refractivity contribution in [2.45, 2.75) is 25.8 Å². The van der Waals surface area contributed by atoms with Gasteiger partial charge in [0, 0.05) is 18.2 Å². The quantitative estimate of drug-likeness (QED) is 0.768. The van der Waals surface area contributed by atoms with E-state index in [1.54, 1.807) is 12.1 Å². The van der Waals surface area contributed by atoms with Crippen LogP contribution in [0.1, 0.15) is 19.8 Å². The van der Waals surface area contributed by atoms with Gasteiger partial charge in [-0.2, -0.15) is 4.98 Å². The second kappa shape index (κ2) is 6.76. The molecule has 0 radical (unpaired) electrons. The van der Waals surface area contributed by atoms with Gasteiger partial charge in [-0.1, -0.05) is 12.1 Å². The van der Waals surface area contributed by atoms with E-state index in [4.69, 9.17) is 4.52 Å².